The third kappa shape index (κ3) is 1.43. The third-order valence-corrected chi connectivity index (χ3v) is 3.21. The standard InChI is InChI=1S/C13H8NS/c1-2-8-14-12(5-1)10-4-3-6-13-11(10)7-9-15-13/h1-5,7-9H. The lowest BCUT2D eigenvalue weighted by atomic mass is 10.1. The second-order valence-corrected chi connectivity index (χ2v) is 4.19. The molecule has 15 heavy (non-hydrogen) atoms. The molecule has 71 valence electrons. The van der Waals surface area contributed by atoms with Crippen LogP contribution in [0.25, 0.3) is 21.3 Å². The van der Waals surface area contributed by atoms with Gasteiger partial charge in [0.15, 0.2) is 0 Å². The first-order valence-electron chi connectivity index (χ1n) is 4.74. The summed E-state index contributed by atoms with van der Waals surface area (Å²) >= 11 is 1.71. The molecule has 0 N–H and O–H groups in total. The summed E-state index contributed by atoms with van der Waals surface area (Å²) in [7, 11) is 0. The van der Waals surface area contributed by atoms with Crippen LogP contribution in [0.2, 0.25) is 0 Å². The van der Waals surface area contributed by atoms with E-state index in [9.17, 15) is 0 Å². The van der Waals surface area contributed by atoms with Gasteiger partial charge in [0.1, 0.15) is 0 Å². The van der Waals surface area contributed by atoms with Crippen LogP contribution in [0.1, 0.15) is 0 Å². The van der Waals surface area contributed by atoms with E-state index in [-0.39, 0.29) is 0 Å². The van der Waals surface area contributed by atoms with Crippen LogP contribution < -0.4 is 0 Å². The number of aromatic nitrogens is 1. The van der Waals surface area contributed by atoms with Crippen molar-refractivity contribution < 1.29 is 0 Å². The smallest absolute Gasteiger partial charge is 0.0708 e. The molecule has 0 unspecified atom stereocenters. The molecule has 0 atom stereocenters. The first-order chi connectivity index (χ1) is 7.45. The van der Waals surface area contributed by atoms with Crippen LogP contribution in [0.3, 0.4) is 0 Å². The maximum Gasteiger partial charge on any atom is 0.0708 e. The van der Waals surface area contributed by atoms with Gasteiger partial charge in [-0.15, -0.1) is 11.3 Å². The Morgan fingerprint density at radius 2 is 2.13 bits per heavy atom. The van der Waals surface area contributed by atoms with Gasteiger partial charge in [0, 0.05) is 27.9 Å². The molecule has 0 aliphatic rings. The van der Waals surface area contributed by atoms with Crippen molar-refractivity contribution in [3.63, 3.8) is 0 Å². The van der Waals surface area contributed by atoms with Crippen LogP contribution >= 0.6 is 11.3 Å². The van der Waals surface area contributed by atoms with Gasteiger partial charge in [-0.1, -0.05) is 18.2 Å². The minimum atomic E-state index is 1.02. The Balaban J connectivity index is 2.31. The lowest BCUT2D eigenvalue weighted by Gasteiger charge is -2.01. The molecule has 3 aromatic rings. The monoisotopic (exact) mass is 210 g/mol. The normalized spacial score (nSPS) is 10.7. The van der Waals surface area contributed by atoms with Gasteiger partial charge in [-0.25, -0.2) is 0 Å². The van der Waals surface area contributed by atoms with E-state index in [0.29, 0.717) is 0 Å². The molecule has 0 aliphatic heterocycles. The van der Waals surface area contributed by atoms with E-state index in [1.807, 2.05) is 30.5 Å². The Labute approximate surface area is 92.0 Å². The van der Waals surface area contributed by atoms with E-state index in [0.717, 1.165) is 5.69 Å². The van der Waals surface area contributed by atoms with Crippen molar-refractivity contribution in [3.05, 3.63) is 54.0 Å². The summed E-state index contributed by atoms with van der Waals surface area (Å²) in [6, 6.07) is 15.4. The van der Waals surface area contributed by atoms with Crippen molar-refractivity contribution >= 4 is 21.4 Å². The van der Waals surface area contributed by atoms with Gasteiger partial charge in [-0.05, 0) is 23.6 Å². The number of benzene rings is 1. The maximum absolute atomic E-state index is 4.37. The minimum absolute atomic E-state index is 1.02. The highest BCUT2D eigenvalue weighted by Crippen LogP contribution is 2.29. The average molecular weight is 210 g/mol. The fourth-order valence-electron chi connectivity index (χ4n) is 1.67. The van der Waals surface area contributed by atoms with E-state index >= 15 is 0 Å². The zero-order valence-corrected chi connectivity index (χ0v) is 8.79. The van der Waals surface area contributed by atoms with Crippen LogP contribution in [0, 0.1) is 6.07 Å². The zero-order chi connectivity index (χ0) is 10.1. The van der Waals surface area contributed by atoms with Crippen LogP contribution in [-0.4, -0.2) is 4.98 Å². The Morgan fingerprint density at radius 1 is 1.13 bits per heavy atom. The van der Waals surface area contributed by atoms with E-state index in [2.05, 4.69) is 28.6 Å². The van der Waals surface area contributed by atoms with E-state index in [4.69, 9.17) is 0 Å². The summed E-state index contributed by atoms with van der Waals surface area (Å²) in [6.07, 6.45) is 1.82. The SMILES string of the molecule is [c]1ccc(-c2ccccn2)c2ccsc12. The molecule has 2 heteroatoms. The quantitative estimate of drug-likeness (QED) is 0.596. The molecule has 1 radical (unpaired) electrons. The lowest BCUT2D eigenvalue weighted by molar-refractivity contribution is 1.33. The van der Waals surface area contributed by atoms with Gasteiger partial charge < -0.3 is 0 Å². The molecule has 0 saturated heterocycles. The summed E-state index contributed by atoms with van der Waals surface area (Å²) in [5, 5.41) is 3.33. The van der Waals surface area contributed by atoms with Crippen molar-refractivity contribution in [2.45, 2.75) is 0 Å². The third-order valence-electron chi connectivity index (χ3n) is 2.36. The highest BCUT2D eigenvalue weighted by atomic mass is 32.1. The first kappa shape index (κ1) is 8.62. The molecule has 0 saturated carbocycles. The van der Waals surface area contributed by atoms with Gasteiger partial charge in [0.25, 0.3) is 0 Å². The van der Waals surface area contributed by atoms with Crippen molar-refractivity contribution in [3.8, 4) is 11.3 Å². The number of hydrogen-bond donors (Lipinski definition) is 0. The van der Waals surface area contributed by atoms with Crippen molar-refractivity contribution in [1.82, 2.24) is 4.98 Å². The molecule has 0 spiro atoms. The van der Waals surface area contributed by atoms with E-state index in [1.165, 1.54) is 15.6 Å². The fourth-order valence-corrected chi connectivity index (χ4v) is 2.45. The predicted molar refractivity (Wildman–Crippen MR) is 63.9 cm³/mol. The molecule has 0 amide bonds. The Kier molecular flexibility index (Phi) is 2.00. The molecular weight excluding hydrogens is 202 g/mol. The second kappa shape index (κ2) is 3.48. The van der Waals surface area contributed by atoms with Crippen LogP contribution in [0.15, 0.2) is 48.0 Å². The average Bonchev–Trinajstić information content (AvgIpc) is 2.78. The fraction of sp³-hybridized carbons (Fsp3) is 0. The number of thiophene rings is 1. The molecule has 0 fully saturated rings. The van der Waals surface area contributed by atoms with Gasteiger partial charge in [0.2, 0.25) is 0 Å². The number of pyridine rings is 1. The molecule has 1 aromatic carbocycles. The lowest BCUT2D eigenvalue weighted by Crippen LogP contribution is -1.81. The molecule has 2 heterocycles. The van der Waals surface area contributed by atoms with Gasteiger partial charge in [-0.3, -0.25) is 4.98 Å². The Morgan fingerprint density at radius 3 is 3.00 bits per heavy atom. The van der Waals surface area contributed by atoms with Crippen LogP contribution in [-0.2, 0) is 0 Å². The first-order valence-corrected chi connectivity index (χ1v) is 5.62. The van der Waals surface area contributed by atoms with E-state index < -0.39 is 0 Å². The molecule has 3 rings (SSSR count). The molecule has 2 aromatic heterocycles. The molecule has 0 aliphatic carbocycles. The highest BCUT2D eigenvalue weighted by molar-refractivity contribution is 7.17. The van der Waals surface area contributed by atoms with Gasteiger partial charge in [0.05, 0.1) is 5.69 Å². The zero-order valence-electron chi connectivity index (χ0n) is 7.97. The highest BCUT2D eigenvalue weighted by Gasteiger charge is 2.04. The summed E-state index contributed by atoms with van der Waals surface area (Å²) in [6.45, 7) is 0. The van der Waals surface area contributed by atoms with Crippen LogP contribution in [0.4, 0.5) is 0 Å². The molecule has 0 bridgehead atoms. The summed E-state index contributed by atoms with van der Waals surface area (Å²) in [4.78, 5) is 4.37. The Hall–Kier alpha value is -1.67. The van der Waals surface area contributed by atoms with E-state index in [1.54, 1.807) is 11.3 Å². The summed E-state index contributed by atoms with van der Waals surface area (Å²) < 4.78 is 1.19. The summed E-state index contributed by atoms with van der Waals surface area (Å²) in [5.74, 6) is 0. The number of fused-ring (bicyclic) bond motifs is 1. The summed E-state index contributed by atoms with van der Waals surface area (Å²) in [5.41, 5.74) is 2.21. The number of nitrogens with zero attached hydrogens (tertiary/aromatic N) is 1. The molecular formula is C13H8NS. The maximum atomic E-state index is 4.37. The van der Waals surface area contributed by atoms with Gasteiger partial charge in [-0.2, -0.15) is 0 Å². The van der Waals surface area contributed by atoms with Crippen LogP contribution in [0.5, 0.6) is 0 Å². The van der Waals surface area contributed by atoms with Gasteiger partial charge >= 0.3 is 0 Å². The largest absolute Gasteiger partial charge is 0.256 e. The van der Waals surface area contributed by atoms with Crippen molar-refractivity contribution in [2.75, 3.05) is 0 Å². The Bertz CT molecular complexity index is 584. The predicted octanol–water partition coefficient (Wildman–Crippen LogP) is 3.76. The van der Waals surface area contributed by atoms with Crippen molar-refractivity contribution in [1.29, 1.82) is 0 Å². The second-order valence-electron chi connectivity index (χ2n) is 3.27. The number of hydrogen-bond acceptors (Lipinski definition) is 2. The van der Waals surface area contributed by atoms with Crippen molar-refractivity contribution in [2.24, 2.45) is 0 Å². The molecule has 1 nitrogen and oxygen atoms in total. The topological polar surface area (TPSA) is 12.9 Å². The number of rotatable bonds is 1. The minimum Gasteiger partial charge on any atom is -0.256 e.